The van der Waals surface area contributed by atoms with E-state index in [4.69, 9.17) is 0 Å². The minimum atomic E-state index is -0.118. The van der Waals surface area contributed by atoms with Gasteiger partial charge in [-0.2, -0.15) is 0 Å². The van der Waals surface area contributed by atoms with E-state index in [2.05, 4.69) is 4.74 Å². The Labute approximate surface area is 70.0 Å². The SMILES string of the molecule is CC(=O)c1ccccc1OC=O. The molecular weight excluding hydrogens is 156 g/mol. The molecule has 0 N–H and O–H groups in total. The van der Waals surface area contributed by atoms with Crippen molar-refractivity contribution in [1.82, 2.24) is 0 Å². The van der Waals surface area contributed by atoms with Gasteiger partial charge in [0.2, 0.25) is 0 Å². The van der Waals surface area contributed by atoms with Crippen LogP contribution in [0.4, 0.5) is 0 Å². The number of carbonyl (C=O) groups excluding carboxylic acids is 2. The second kappa shape index (κ2) is 3.67. The summed E-state index contributed by atoms with van der Waals surface area (Å²) in [6.07, 6.45) is 0. The van der Waals surface area contributed by atoms with E-state index in [9.17, 15) is 9.59 Å². The first-order valence-electron chi connectivity index (χ1n) is 3.46. The Hall–Kier alpha value is -1.64. The Balaban J connectivity index is 3.07. The number of benzene rings is 1. The molecule has 0 radical (unpaired) electrons. The summed E-state index contributed by atoms with van der Waals surface area (Å²) in [5.74, 6) is 0.187. The summed E-state index contributed by atoms with van der Waals surface area (Å²) in [5.41, 5.74) is 0.421. The molecule has 0 amide bonds. The van der Waals surface area contributed by atoms with Crippen LogP contribution in [0.25, 0.3) is 0 Å². The molecule has 3 nitrogen and oxygen atoms in total. The van der Waals surface area contributed by atoms with Crippen molar-refractivity contribution < 1.29 is 14.3 Å². The number of ketones is 1. The van der Waals surface area contributed by atoms with Crippen LogP contribution in [0.2, 0.25) is 0 Å². The van der Waals surface area contributed by atoms with Gasteiger partial charge in [-0.05, 0) is 19.1 Å². The van der Waals surface area contributed by atoms with Crippen LogP contribution in [-0.2, 0) is 4.79 Å². The van der Waals surface area contributed by atoms with Crippen molar-refractivity contribution in [2.75, 3.05) is 0 Å². The van der Waals surface area contributed by atoms with Crippen LogP contribution < -0.4 is 4.74 Å². The molecule has 0 atom stereocenters. The van der Waals surface area contributed by atoms with Crippen LogP contribution in [0, 0.1) is 0 Å². The Morgan fingerprint density at radius 1 is 1.42 bits per heavy atom. The maximum atomic E-state index is 10.9. The van der Waals surface area contributed by atoms with Gasteiger partial charge in [0.05, 0.1) is 5.56 Å². The molecule has 0 aliphatic carbocycles. The molecule has 0 saturated carbocycles. The van der Waals surface area contributed by atoms with Gasteiger partial charge in [0.15, 0.2) is 5.78 Å². The fourth-order valence-electron chi connectivity index (χ4n) is 0.912. The first-order chi connectivity index (χ1) is 5.75. The zero-order valence-electron chi connectivity index (χ0n) is 6.61. The summed E-state index contributed by atoms with van der Waals surface area (Å²) in [6.45, 7) is 1.73. The number of Topliss-reactive ketones (excluding diaryl/α,β-unsaturated/α-hetero) is 1. The summed E-state index contributed by atoms with van der Waals surface area (Å²) in [6, 6.07) is 6.60. The predicted octanol–water partition coefficient (Wildman–Crippen LogP) is 1.42. The molecule has 0 unspecified atom stereocenters. The molecule has 1 aromatic rings. The van der Waals surface area contributed by atoms with Gasteiger partial charge in [0.1, 0.15) is 5.75 Å². The minimum Gasteiger partial charge on any atom is -0.428 e. The maximum Gasteiger partial charge on any atom is 0.298 e. The molecule has 0 bridgehead atoms. The maximum absolute atomic E-state index is 10.9. The predicted molar refractivity (Wildman–Crippen MR) is 43.1 cm³/mol. The standard InChI is InChI=1S/C9H8O3/c1-7(11)8-4-2-3-5-9(8)12-6-10/h2-6H,1H3. The molecule has 0 heterocycles. The fraction of sp³-hybridized carbons (Fsp3) is 0.111. The van der Waals surface area contributed by atoms with Crippen molar-refractivity contribution in [2.45, 2.75) is 6.92 Å². The number of para-hydroxylation sites is 1. The molecule has 1 rings (SSSR count). The van der Waals surface area contributed by atoms with Crippen LogP contribution >= 0.6 is 0 Å². The highest BCUT2D eigenvalue weighted by atomic mass is 16.5. The van der Waals surface area contributed by atoms with Crippen molar-refractivity contribution in [2.24, 2.45) is 0 Å². The molecule has 12 heavy (non-hydrogen) atoms. The molecule has 0 saturated heterocycles. The summed E-state index contributed by atoms with van der Waals surface area (Å²) in [5, 5.41) is 0. The molecule has 0 spiro atoms. The van der Waals surface area contributed by atoms with Gasteiger partial charge in [0, 0.05) is 0 Å². The number of hydrogen-bond acceptors (Lipinski definition) is 3. The third kappa shape index (κ3) is 1.69. The van der Waals surface area contributed by atoms with Gasteiger partial charge in [-0.3, -0.25) is 9.59 Å². The van der Waals surface area contributed by atoms with E-state index in [-0.39, 0.29) is 5.78 Å². The Kier molecular flexibility index (Phi) is 2.58. The smallest absolute Gasteiger partial charge is 0.298 e. The van der Waals surface area contributed by atoms with E-state index in [0.717, 1.165) is 0 Å². The topological polar surface area (TPSA) is 43.4 Å². The average molecular weight is 164 g/mol. The van der Waals surface area contributed by atoms with E-state index >= 15 is 0 Å². The lowest BCUT2D eigenvalue weighted by atomic mass is 10.1. The Bertz CT molecular complexity index is 304. The minimum absolute atomic E-state index is 0.118. The molecule has 3 heteroatoms. The second-order valence-electron chi connectivity index (χ2n) is 2.27. The fourth-order valence-corrected chi connectivity index (χ4v) is 0.912. The first-order valence-corrected chi connectivity index (χ1v) is 3.46. The summed E-state index contributed by atoms with van der Waals surface area (Å²) in [4.78, 5) is 21.0. The number of rotatable bonds is 3. The molecule has 0 aliphatic rings. The molecule has 1 aromatic carbocycles. The van der Waals surface area contributed by atoms with E-state index in [1.165, 1.54) is 6.92 Å². The van der Waals surface area contributed by atoms with Crippen LogP contribution in [-0.4, -0.2) is 12.3 Å². The summed E-state index contributed by atoms with van der Waals surface area (Å²) < 4.78 is 4.60. The number of carbonyl (C=O) groups is 2. The van der Waals surface area contributed by atoms with Crippen molar-refractivity contribution in [3.8, 4) is 5.75 Å². The molecule has 0 aliphatic heterocycles. The average Bonchev–Trinajstić information content (AvgIpc) is 2.05. The Morgan fingerprint density at radius 3 is 2.67 bits per heavy atom. The van der Waals surface area contributed by atoms with E-state index in [0.29, 0.717) is 17.8 Å². The summed E-state index contributed by atoms with van der Waals surface area (Å²) in [7, 11) is 0. The van der Waals surface area contributed by atoms with Crippen LogP contribution in [0.5, 0.6) is 5.75 Å². The normalized spacial score (nSPS) is 9.08. The molecule has 0 fully saturated rings. The van der Waals surface area contributed by atoms with E-state index in [1.54, 1.807) is 24.3 Å². The second-order valence-corrected chi connectivity index (χ2v) is 2.27. The highest BCUT2D eigenvalue weighted by Crippen LogP contribution is 2.17. The van der Waals surface area contributed by atoms with E-state index < -0.39 is 0 Å². The quantitative estimate of drug-likeness (QED) is 0.501. The third-order valence-corrected chi connectivity index (χ3v) is 1.44. The van der Waals surface area contributed by atoms with Gasteiger partial charge in [-0.25, -0.2) is 0 Å². The highest BCUT2D eigenvalue weighted by Gasteiger charge is 2.05. The summed E-state index contributed by atoms with van der Waals surface area (Å²) >= 11 is 0. The van der Waals surface area contributed by atoms with Crippen LogP contribution in [0.1, 0.15) is 17.3 Å². The molecule has 62 valence electrons. The Morgan fingerprint density at radius 2 is 2.08 bits per heavy atom. The van der Waals surface area contributed by atoms with Crippen molar-refractivity contribution >= 4 is 12.3 Å². The third-order valence-electron chi connectivity index (χ3n) is 1.44. The zero-order valence-corrected chi connectivity index (χ0v) is 6.61. The van der Waals surface area contributed by atoms with Gasteiger partial charge >= 0.3 is 0 Å². The van der Waals surface area contributed by atoms with Gasteiger partial charge in [-0.1, -0.05) is 12.1 Å². The highest BCUT2D eigenvalue weighted by molar-refractivity contribution is 5.97. The molecule has 0 aromatic heterocycles. The van der Waals surface area contributed by atoms with Crippen molar-refractivity contribution in [3.05, 3.63) is 29.8 Å². The number of ether oxygens (including phenoxy) is 1. The lowest BCUT2D eigenvalue weighted by Gasteiger charge is -2.01. The lowest BCUT2D eigenvalue weighted by Crippen LogP contribution is -1.98. The first kappa shape index (κ1) is 8.46. The van der Waals surface area contributed by atoms with Gasteiger partial charge < -0.3 is 4.74 Å². The van der Waals surface area contributed by atoms with Crippen LogP contribution in [0.15, 0.2) is 24.3 Å². The monoisotopic (exact) mass is 164 g/mol. The van der Waals surface area contributed by atoms with E-state index in [1.807, 2.05) is 0 Å². The van der Waals surface area contributed by atoms with Gasteiger partial charge in [-0.15, -0.1) is 0 Å². The number of hydrogen-bond donors (Lipinski definition) is 0. The van der Waals surface area contributed by atoms with Crippen molar-refractivity contribution in [1.29, 1.82) is 0 Å². The zero-order chi connectivity index (χ0) is 8.97. The van der Waals surface area contributed by atoms with Gasteiger partial charge in [0.25, 0.3) is 6.47 Å². The van der Waals surface area contributed by atoms with Crippen molar-refractivity contribution in [3.63, 3.8) is 0 Å². The van der Waals surface area contributed by atoms with Crippen LogP contribution in [0.3, 0.4) is 0 Å². The lowest BCUT2D eigenvalue weighted by molar-refractivity contribution is -0.120. The largest absolute Gasteiger partial charge is 0.428 e. The molecular formula is C9H8O3.